The smallest absolute Gasteiger partial charge is 0.338 e. The third-order valence-corrected chi connectivity index (χ3v) is 8.94. The van der Waals surface area contributed by atoms with Crippen LogP contribution in [0.2, 0.25) is 23.2 Å². The van der Waals surface area contributed by atoms with Gasteiger partial charge in [0.05, 0.1) is 6.61 Å². The monoisotopic (exact) mass is 328 g/mol. The molecule has 1 aromatic carbocycles. The van der Waals surface area contributed by atoms with Gasteiger partial charge in [-0.05, 0) is 31.1 Å². The van der Waals surface area contributed by atoms with Crippen molar-refractivity contribution in [1.29, 1.82) is 0 Å². The van der Waals surface area contributed by atoms with Crippen LogP contribution in [0, 0.1) is 0 Å². The van der Waals surface area contributed by atoms with Gasteiger partial charge in [-0.2, -0.15) is 0 Å². The Morgan fingerprint density at radius 1 is 1.14 bits per heavy atom. The molecule has 0 saturated carbocycles. The second-order valence-corrected chi connectivity index (χ2v) is 10.1. The maximum absolute atomic E-state index is 12.3. The fourth-order valence-corrected chi connectivity index (χ4v) is 5.35. The number of benzene rings is 1. The molecule has 0 saturated heterocycles. The Morgan fingerprint density at radius 2 is 1.71 bits per heavy atom. The van der Waals surface area contributed by atoms with Crippen molar-refractivity contribution in [1.82, 2.24) is 0 Å². The standard InChI is InChI=1S/C16H25ClO3Si/c1-5-19-16(18)15(13-11-9-10-12-14(13)17)20-21(6-2,7-3)8-4/h9-12,15H,5-8H2,1-4H3. The van der Waals surface area contributed by atoms with Gasteiger partial charge in [0.1, 0.15) is 0 Å². The molecule has 0 aliphatic heterocycles. The highest BCUT2D eigenvalue weighted by molar-refractivity contribution is 6.73. The number of esters is 1. The largest absolute Gasteiger partial charge is 0.464 e. The Hall–Kier alpha value is -0.843. The zero-order valence-corrected chi connectivity index (χ0v) is 15.1. The van der Waals surface area contributed by atoms with Crippen molar-refractivity contribution in [2.45, 2.75) is 51.9 Å². The lowest BCUT2D eigenvalue weighted by Crippen LogP contribution is -2.39. The normalized spacial score (nSPS) is 13.0. The SMILES string of the molecule is CCOC(=O)C(O[Si](CC)(CC)CC)c1ccccc1Cl. The van der Waals surface area contributed by atoms with Gasteiger partial charge in [-0.25, -0.2) is 4.79 Å². The highest BCUT2D eigenvalue weighted by atomic mass is 35.5. The van der Waals surface area contributed by atoms with Crippen LogP contribution in [0.25, 0.3) is 0 Å². The van der Waals surface area contributed by atoms with E-state index in [1.54, 1.807) is 13.0 Å². The van der Waals surface area contributed by atoms with Gasteiger partial charge < -0.3 is 9.16 Å². The number of carbonyl (C=O) groups is 1. The van der Waals surface area contributed by atoms with Gasteiger partial charge in [0, 0.05) is 10.6 Å². The third-order valence-electron chi connectivity index (χ3n) is 3.99. The molecular weight excluding hydrogens is 304 g/mol. The average molecular weight is 329 g/mol. The predicted molar refractivity (Wildman–Crippen MR) is 89.1 cm³/mol. The molecule has 0 fully saturated rings. The molecule has 0 aromatic heterocycles. The molecule has 0 heterocycles. The second kappa shape index (κ2) is 8.56. The molecule has 0 spiro atoms. The topological polar surface area (TPSA) is 35.5 Å². The zero-order valence-electron chi connectivity index (χ0n) is 13.3. The van der Waals surface area contributed by atoms with Crippen LogP contribution in [0.15, 0.2) is 24.3 Å². The van der Waals surface area contributed by atoms with Gasteiger partial charge in [-0.15, -0.1) is 0 Å². The van der Waals surface area contributed by atoms with E-state index in [0.29, 0.717) is 17.2 Å². The van der Waals surface area contributed by atoms with Crippen LogP contribution >= 0.6 is 11.6 Å². The molecule has 1 aromatic rings. The van der Waals surface area contributed by atoms with Crippen molar-refractivity contribution in [3.8, 4) is 0 Å². The van der Waals surface area contributed by atoms with E-state index < -0.39 is 14.4 Å². The molecule has 21 heavy (non-hydrogen) atoms. The summed E-state index contributed by atoms with van der Waals surface area (Å²) < 4.78 is 11.5. The van der Waals surface area contributed by atoms with E-state index in [2.05, 4.69) is 20.8 Å². The van der Waals surface area contributed by atoms with Crippen LogP contribution in [-0.4, -0.2) is 20.9 Å². The fraction of sp³-hybridized carbons (Fsp3) is 0.562. The molecule has 5 heteroatoms. The second-order valence-electron chi connectivity index (χ2n) is 5.02. The van der Waals surface area contributed by atoms with Crippen LogP contribution in [0.3, 0.4) is 0 Å². The highest BCUT2D eigenvalue weighted by Crippen LogP contribution is 2.33. The van der Waals surface area contributed by atoms with Gasteiger partial charge in [0.25, 0.3) is 0 Å². The highest BCUT2D eigenvalue weighted by Gasteiger charge is 2.36. The molecular formula is C16H25ClO3Si. The minimum atomic E-state index is -1.94. The fourth-order valence-electron chi connectivity index (χ4n) is 2.39. The van der Waals surface area contributed by atoms with Gasteiger partial charge >= 0.3 is 5.97 Å². The van der Waals surface area contributed by atoms with E-state index in [1.165, 1.54) is 0 Å². The zero-order chi connectivity index (χ0) is 15.9. The Kier molecular flexibility index (Phi) is 7.42. The van der Waals surface area contributed by atoms with Crippen LogP contribution < -0.4 is 0 Å². The molecule has 1 rings (SSSR count). The average Bonchev–Trinajstić information content (AvgIpc) is 2.50. The summed E-state index contributed by atoms with van der Waals surface area (Å²) in [5.74, 6) is -0.349. The number of carbonyl (C=O) groups excluding carboxylic acids is 1. The van der Waals surface area contributed by atoms with Gasteiger partial charge in [0.2, 0.25) is 0 Å². The first-order valence-corrected chi connectivity index (χ1v) is 10.5. The predicted octanol–water partition coefficient (Wildman–Crippen LogP) is 4.97. The molecule has 0 aliphatic rings. The summed E-state index contributed by atoms with van der Waals surface area (Å²) in [6.45, 7) is 8.53. The Morgan fingerprint density at radius 3 is 2.19 bits per heavy atom. The van der Waals surface area contributed by atoms with E-state index in [4.69, 9.17) is 20.8 Å². The minimum absolute atomic E-state index is 0.335. The van der Waals surface area contributed by atoms with E-state index >= 15 is 0 Å². The summed E-state index contributed by atoms with van der Waals surface area (Å²) in [6.07, 6.45) is -0.717. The molecule has 0 N–H and O–H groups in total. The van der Waals surface area contributed by atoms with Crippen LogP contribution in [0.4, 0.5) is 0 Å². The lowest BCUT2D eigenvalue weighted by atomic mass is 10.1. The first kappa shape index (κ1) is 18.2. The maximum Gasteiger partial charge on any atom is 0.338 e. The van der Waals surface area contributed by atoms with E-state index in [9.17, 15) is 4.79 Å². The summed E-state index contributed by atoms with van der Waals surface area (Å²) in [5.41, 5.74) is 0.699. The molecule has 118 valence electrons. The van der Waals surface area contributed by atoms with Crippen molar-refractivity contribution in [3.63, 3.8) is 0 Å². The summed E-state index contributed by atoms with van der Waals surface area (Å²) >= 11 is 6.25. The molecule has 1 unspecified atom stereocenters. The van der Waals surface area contributed by atoms with E-state index in [-0.39, 0.29) is 5.97 Å². The Bertz CT molecular complexity index is 452. The molecule has 0 aliphatic carbocycles. The minimum Gasteiger partial charge on any atom is -0.464 e. The lowest BCUT2D eigenvalue weighted by molar-refractivity contribution is -0.152. The van der Waals surface area contributed by atoms with Crippen LogP contribution in [0.5, 0.6) is 0 Å². The molecule has 0 amide bonds. The number of ether oxygens (including phenoxy) is 1. The summed E-state index contributed by atoms with van der Waals surface area (Å²) in [7, 11) is -1.94. The number of hydrogen-bond acceptors (Lipinski definition) is 3. The maximum atomic E-state index is 12.3. The van der Waals surface area contributed by atoms with Crippen molar-refractivity contribution in [3.05, 3.63) is 34.9 Å². The van der Waals surface area contributed by atoms with E-state index in [0.717, 1.165) is 18.1 Å². The lowest BCUT2D eigenvalue weighted by Gasteiger charge is -2.32. The third kappa shape index (κ3) is 4.56. The van der Waals surface area contributed by atoms with Crippen molar-refractivity contribution < 1.29 is 14.0 Å². The van der Waals surface area contributed by atoms with E-state index in [1.807, 2.05) is 18.2 Å². The van der Waals surface area contributed by atoms with Crippen LogP contribution in [-0.2, 0) is 14.0 Å². The Labute approximate surface area is 133 Å². The van der Waals surface area contributed by atoms with Gasteiger partial charge in [-0.3, -0.25) is 0 Å². The number of halogens is 1. The first-order valence-electron chi connectivity index (χ1n) is 7.62. The number of rotatable bonds is 8. The molecule has 1 atom stereocenters. The molecule has 0 bridgehead atoms. The quantitative estimate of drug-likeness (QED) is 0.499. The summed E-state index contributed by atoms with van der Waals surface area (Å²) in [5, 5.41) is 0.543. The molecule has 3 nitrogen and oxygen atoms in total. The van der Waals surface area contributed by atoms with Gasteiger partial charge in [-0.1, -0.05) is 50.6 Å². The first-order chi connectivity index (χ1) is 10.0. The summed E-state index contributed by atoms with van der Waals surface area (Å²) in [6, 6.07) is 10.2. The van der Waals surface area contributed by atoms with Crippen molar-refractivity contribution in [2.24, 2.45) is 0 Å². The number of hydrogen-bond donors (Lipinski definition) is 0. The van der Waals surface area contributed by atoms with Crippen molar-refractivity contribution >= 4 is 25.9 Å². The van der Waals surface area contributed by atoms with Crippen molar-refractivity contribution in [2.75, 3.05) is 6.61 Å². The summed E-state index contributed by atoms with van der Waals surface area (Å²) in [4.78, 5) is 12.3. The van der Waals surface area contributed by atoms with Crippen LogP contribution in [0.1, 0.15) is 39.4 Å². The van der Waals surface area contributed by atoms with Gasteiger partial charge in [0.15, 0.2) is 14.4 Å². The Balaban J connectivity index is 3.15. The molecule has 0 radical (unpaired) electrons.